The third-order valence-electron chi connectivity index (χ3n) is 4.64. The normalized spacial score (nSPS) is 17.2. The van der Waals surface area contributed by atoms with Crippen molar-refractivity contribution < 1.29 is 9.21 Å². The Morgan fingerprint density at radius 1 is 1.38 bits per heavy atom. The Kier molecular flexibility index (Phi) is 4.90. The molecule has 1 unspecified atom stereocenters. The number of carbonyl (C=O) groups excluding carboxylic acids is 1. The maximum absolute atomic E-state index is 12.0. The predicted octanol–water partition coefficient (Wildman–Crippen LogP) is 3.22. The molecule has 0 spiro atoms. The Bertz CT molecular complexity index is 868. The molecule has 4 heterocycles. The molecular weight excluding hydrogens is 348 g/mol. The molecule has 7 heteroatoms. The maximum atomic E-state index is 12.0. The van der Waals surface area contributed by atoms with Crippen molar-refractivity contribution >= 4 is 17.2 Å². The molecule has 136 valence electrons. The Hall–Kier alpha value is -2.38. The summed E-state index contributed by atoms with van der Waals surface area (Å²) in [4.78, 5) is 17.2. The van der Waals surface area contributed by atoms with Crippen LogP contribution in [0.2, 0.25) is 0 Å². The van der Waals surface area contributed by atoms with E-state index < -0.39 is 0 Å². The van der Waals surface area contributed by atoms with Crippen molar-refractivity contribution in [2.75, 3.05) is 13.1 Å². The Labute approximate surface area is 156 Å². The molecular formula is C19H22N4O2S. The molecule has 1 aliphatic heterocycles. The number of aryl methyl sites for hydroxylation is 1. The molecule has 1 amide bonds. The molecule has 26 heavy (non-hydrogen) atoms. The summed E-state index contributed by atoms with van der Waals surface area (Å²) in [5, 5.41) is 7.43. The highest BCUT2D eigenvalue weighted by molar-refractivity contribution is 7.11. The molecule has 3 aromatic rings. The number of hydrogen-bond acceptors (Lipinski definition) is 5. The van der Waals surface area contributed by atoms with Gasteiger partial charge in [0.05, 0.1) is 18.0 Å². The number of nitrogens with zero attached hydrogens (tertiary/aromatic N) is 3. The van der Waals surface area contributed by atoms with E-state index in [1.165, 1.54) is 21.7 Å². The topological polar surface area (TPSA) is 63.3 Å². The Morgan fingerprint density at radius 2 is 2.31 bits per heavy atom. The van der Waals surface area contributed by atoms with Gasteiger partial charge in [0.1, 0.15) is 0 Å². The summed E-state index contributed by atoms with van der Waals surface area (Å²) in [5.41, 5.74) is 1.23. The van der Waals surface area contributed by atoms with Gasteiger partial charge in [-0.1, -0.05) is 0 Å². The van der Waals surface area contributed by atoms with Crippen molar-refractivity contribution in [2.45, 2.75) is 32.5 Å². The van der Waals surface area contributed by atoms with Crippen LogP contribution in [0.15, 0.2) is 47.2 Å². The second kappa shape index (κ2) is 7.47. The van der Waals surface area contributed by atoms with E-state index in [4.69, 9.17) is 4.42 Å². The fourth-order valence-corrected chi connectivity index (χ4v) is 4.37. The van der Waals surface area contributed by atoms with E-state index in [2.05, 4.69) is 45.1 Å². The summed E-state index contributed by atoms with van der Waals surface area (Å²) in [6, 6.07) is 10.1. The Balaban J connectivity index is 1.37. The lowest BCUT2D eigenvalue weighted by Gasteiger charge is -2.33. The van der Waals surface area contributed by atoms with Crippen LogP contribution in [-0.4, -0.2) is 33.7 Å². The minimum absolute atomic E-state index is 0.169. The van der Waals surface area contributed by atoms with Gasteiger partial charge in [0, 0.05) is 42.1 Å². The minimum atomic E-state index is -0.169. The average Bonchev–Trinajstić information content (AvgIpc) is 3.36. The monoisotopic (exact) mass is 370 g/mol. The molecule has 1 N–H and O–H groups in total. The molecule has 1 atom stereocenters. The van der Waals surface area contributed by atoms with E-state index >= 15 is 0 Å². The highest BCUT2D eigenvalue weighted by atomic mass is 32.1. The molecule has 0 radical (unpaired) electrons. The van der Waals surface area contributed by atoms with E-state index in [1.54, 1.807) is 12.1 Å². The van der Waals surface area contributed by atoms with Crippen LogP contribution in [0.25, 0.3) is 0 Å². The van der Waals surface area contributed by atoms with Gasteiger partial charge < -0.3 is 9.73 Å². The lowest BCUT2D eigenvalue weighted by atomic mass is 10.1. The zero-order valence-corrected chi connectivity index (χ0v) is 15.5. The number of aromatic nitrogens is 2. The van der Waals surface area contributed by atoms with Crippen LogP contribution in [0.4, 0.5) is 0 Å². The predicted molar refractivity (Wildman–Crippen MR) is 100 cm³/mol. The summed E-state index contributed by atoms with van der Waals surface area (Å²) in [5.74, 6) is 0.181. The first-order valence-corrected chi connectivity index (χ1v) is 9.62. The molecule has 4 rings (SSSR count). The van der Waals surface area contributed by atoms with Gasteiger partial charge in [-0.05, 0) is 43.7 Å². The molecule has 0 saturated heterocycles. The molecule has 0 fully saturated rings. The standard InChI is InChI=1S/C19H22N4O2S/c1-14-4-5-17(26-14)13-22-11-15(23-16(12-22)7-9-21-23)6-8-20-19(24)18-3-2-10-25-18/h2-5,7,9-10,15H,6,8,11-13H2,1H3,(H,20,24). The number of carbonyl (C=O) groups is 1. The molecule has 0 aromatic carbocycles. The van der Waals surface area contributed by atoms with E-state index in [0.29, 0.717) is 12.3 Å². The van der Waals surface area contributed by atoms with Crippen LogP contribution >= 0.6 is 11.3 Å². The highest BCUT2D eigenvalue weighted by Gasteiger charge is 2.25. The Morgan fingerprint density at radius 3 is 3.08 bits per heavy atom. The second-order valence-corrected chi connectivity index (χ2v) is 8.00. The summed E-state index contributed by atoms with van der Waals surface area (Å²) < 4.78 is 7.24. The summed E-state index contributed by atoms with van der Waals surface area (Å²) in [6.45, 7) is 5.53. The van der Waals surface area contributed by atoms with Gasteiger partial charge in [-0.2, -0.15) is 5.10 Å². The molecule has 0 aliphatic carbocycles. The van der Waals surface area contributed by atoms with Crippen LogP contribution in [0.5, 0.6) is 0 Å². The summed E-state index contributed by atoms with van der Waals surface area (Å²) in [7, 11) is 0. The van der Waals surface area contributed by atoms with E-state index in [0.717, 1.165) is 26.1 Å². The zero-order valence-electron chi connectivity index (χ0n) is 14.7. The van der Waals surface area contributed by atoms with Gasteiger partial charge in [-0.3, -0.25) is 14.4 Å². The largest absolute Gasteiger partial charge is 0.459 e. The van der Waals surface area contributed by atoms with Gasteiger partial charge in [-0.15, -0.1) is 11.3 Å². The SMILES string of the molecule is Cc1ccc(CN2Cc3ccnn3C(CCNC(=O)c3ccco3)C2)s1. The fraction of sp³-hybridized carbons (Fsp3) is 0.368. The quantitative estimate of drug-likeness (QED) is 0.724. The first kappa shape index (κ1) is 17.1. The number of furan rings is 1. The first-order chi connectivity index (χ1) is 12.7. The lowest BCUT2D eigenvalue weighted by molar-refractivity contribution is 0.0919. The smallest absolute Gasteiger partial charge is 0.286 e. The number of hydrogen-bond donors (Lipinski definition) is 1. The van der Waals surface area contributed by atoms with Gasteiger partial charge in [-0.25, -0.2) is 0 Å². The molecule has 6 nitrogen and oxygen atoms in total. The van der Waals surface area contributed by atoms with Crippen molar-refractivity contribution in [3.63, 3.8) is 0 Å². The van der Waals surface area contributed by atoms with Gasteiger partial charge >= 0.3 is 0 Å². The van der Waals surface area contributed by atoms with Crippen molar-refractivity contribution in [2.24, 2.45) is 0 Å². The van der Waals surface area contributed by atoms with Crippen LogP contribution in [0, 0.1) is 6.92 Å². The van der Waals surface area contributed by atoms with E-state index in [1.807, 2.05) is 17.5 Å². The molecule has 0 saturated carbocycles. The number of thiophene rings is 1. The number of nitrogens with one attached hydrogen (secondary N) is 1. The molecule has 3 aromatic heterocycles. The fourth-order valence-electron chi connectivity index (χ4n) is 3.44. The van der Waals surface area contributed by atoms with Gasteiger partial charge in [0.15, 0.2) is 5.76 Å². The third-order valence-corrected chi connectivity index (χ3v) is 5.62. The van der Waals surface area contributed by atoms with Crippen molar-refractivity contribution in [1.82, 2.24) is 20.0 Å². The molecule has 0 bridgehead atoms. The molecule has 1 aliphatic rings. The average molecular weight is 370 g/mol. The van der Waals surface area contributed by atoms with Gasteiger partial charge in [0.25, 0.3) is 5.91 Å². The second-order valence-electron chi connectivity index (χ2n) is 6.62. The number of fused-ring (bicyclic) bond motifs is 1. The van der Waals surface area contributed by atoms with Crippen molar-refractivity contribution in [1.29, 1.82) is 0 Å². The van der Waals surface area contributed by atoms with Crippen LogP contribution in [0.3, 0.4) is 0 Å². The van der Waals surface area contributed by atoms with Crippen LogP contribution in [-0.2, 0) is 13.1 Å². The highest BCUT2D eigenvalue weighted by Crippen LogP contribution is 2.26. The zero-order chi connectivity index (χ0) is 17.9. The third kappa shape index (κ3) is 3.73. The van der Waals surface area contributed by atoms with Crippen molar-refractivity contribution in [3.05, 3.63) is 64.0 Å². The lowest BCUT2D eigenvalue weighted by Crippen LogP contribution is -2.38. The minimum Gasteiger partial charge on any atom is -0.459 e. The summed E-state index contributed by atoms with van der Waals surface area (Å²) in [6.07, 6.45) is 4.21. The van der Waals surface area contributed by atoms with Crippen LogP contribution < -0.4 is 5.32 Å². The number of rotatable bonds is 6. The summed E-state index contributed by atoms with van der Waals surface area (Å²) >= 11 is 1.85. The van der Waals surface area contributed by atoms with Gasteiger partial charge in [0.2, 0.25) is 0 Å². The maximum Gasteiger partial charge on any atom is 0.286 e. The van der Waals surface area contributed by atoms with Crippen molar-refractivity contribution in [3.8, 4) is 0 Å². The first-order valence-electron chi connectivity index (χ1n) is 8.81. The number of amides is 1. The van der Waals surface area contributed by atoms with Crippen LogP contribution in [0.1, 0.15) is 38.5 Å². The van der Waals surface area contributed by atoms with E-state index in [-0.39, 0.29) is 11.9 Å². The van der Waals surface area contributed by atoms with E-state index in [9.17, 15) is 4.79 Å².